The summed E-state index contributed by atoms with van der Waals surface area (Å²) in [5.41, 5.74) is 6.78. The van der Waals surface area contributed by atoms with E-state index < -0.39 is 6.04 Å². The van der Waals surface area contributed by atoms with Gasteiger partial charge in [-0.15, -0.1) is 6.42 Å². The lowest BCUT2D eigenvalue weighted by Gasteiger charge is -2.22. The Kier molecular flexibility index (Phi) is 5.22. The van der Waals surface area contributed by atoms with Gasteiger partial charge >= 0.3 is 0 Å². The van der Waals surface area contributed by atoms with E-state index in [1.165, 1.54) is 0 Å². The second-order valence-corrected chi connectivity index (χ2v) is 4.03. The Morgan fingerprint density at radius 1 is 1.50 bits per heavy atom. The minimum Gasteiger partial charge on any atom is -0.508 e. The first-order chi connectivity index (χ1) is 8.58. The second-order valence-electron chi connectivity index (χ2n) is 4.03. The summed E-state index contributed by atoms with van der Waals surface area (Å²) in [7, 11) is 0. The number of aromatic hydroxyl groups is 1. The lowest BCUT2D eigenvalue weighted by Crippen LogP contribution is -2.45. The van der Waals surface area contributed by atoms with E-state index in [9.17, 15) is 4.79 Å². The maximum absolute atomic E-state index is 12.0. The van der Waals surface area contributed by atoms with Crippen molar-refractivity contribution in [1.82, 2.24) is 4.90 Å². The first-order valence-corrected chi connectivity index (χ1v) is 5.84. The molecule has 1 aromatic rings. The van der Waals surface area contributed by atoms with Crippen molar-refractivity contribution in [3.05, 3.63) is 29.8 Å². The highest BCUT2D eigenvalue weighted by molar-refractivity contribution is 5.82. The Labute approximate surface area is 107 Å². The number of phenolic OH excluding ortho intramolecular Hbond substituents is 1. The van der Waals surface area contributed by atoms with Crippen LogP contribution in [0.1, 0.15) is 12.5 Å². The lowest BCUT2D eigenvalue weighted by atomic mass is 10.1. The minimum absolute atomic E-state index is 0.150. The van der Waals surface area contributed by atoms with Gasteiger partial charge in [0, 0.05) is 6.54 Å². The molecule has 0 spiro atoms. The third-order valence-corrected chi connectivity index (χ3v) is 2.68. The van der Waals surface area contributed by atoms with Crippen LogP contribution in [0.4, 0.5) is 0 Å². The molecule has 0 saturated heterocycles. The molecule has 0 aliphatic carbocycles. The third-order valence-electron chi connectivity index (χ3n) is 2.68. The molecule has 1 rings (SSSR count). The Hall–Kier alpha value is -1.99. The summed E-state index contributed by atoms with van der Waals surface area (Å²) in [5.74, 6) is 2.49. The molecular formula is C14H18N2O2. The van der Waals surface area contributed by atoms with Crippen molar-refractivity contribution in [3.8, 4) is 18.1 Å². The molecule has 96 valence electrons. The normalized spacial score (nSPS) is 11.6. The smallest absolute Gasteiger partial charge is 0.240 e. The van der Waals surface area contributed by atoms with Crippen molar-refractivity contribution in [1.29, 1.82) is 0 Å². The quantitative estimate of drug-likeness (QED) is 0.753. The predicted octanol–water partition coefficient (Wildman–Crippen LogP) is 0.744. The molecular weight excluding hydrogens is 228 g/mol. The van der Waals surface area contributed by atoms with E-state index in [2.05, 4.69) is 5.92 Å². The van der Waals surface area contributed by atoms with Crippen molar-refractivity contribution in [3.63, 3.8) is 0 Å². The van der Waals surface area contributed by atoms with Crippen molar-refractivity contribution in [2.24, 2.45) is 5.73 Å². The maximum Gasteiger partial charge on any atom is 0.240 e. The van der Waals surface area contributed by atoms with Crippen molar-refractivity contribution in [2.75, 3.05) is 13.1 Å². The van der Waals surface area contributed by atoms with Gasteiger partial charge in [-0.05, 0) is 31.0 Å². The van der Waals surface area contributed by atoms with Gasteiger partial charge in [0.2, 0.25) is 5.91 Å². The van der Waals surface area contributed by atoms with Gasteiger partial charge in [-0.25, -0.2) is 0 Å². The molecule has 0 radical (unpaired) electrons. The second kappa shape index (κ2) is 6.67. The highest BCUT2D eigenvalue weighted by Crippen LogP contribution is 2.11. The summed E-state index contributed by atoms with van der Waals surface area (Å²) >= 11 is 0. The Balaban J connectivity index is 2.64. The number of nitrogens with zero attached hydrogens (tertiary/aromatic N) is 1. The van der Waals surface area contributed by atoms with Gasteiger partial charge in [-0.3, -0.25) is 4.79 Å². The van der Waals surface area contributed by atoms with Gasteiger partial charge in [-0.1, -0.05) is 18.1 Å². The highest BCUT2D eigenvalue weighted by Gasteiger charge is 2.19. The van der Waals surface area contributed by atoms with Crippen LogP contribution in [-0.2, 0) is 11.2 Å². The summed E-state index contributed by atoms with van der Waals surface area (Å²) in [4.78, 5) is 13.5. The van der Waals surface area contributed by atoms with Crippen LogP contribution in [0.2, 0.25) is 0 Å². The number of rotatable bonds is 5. The number of amides is 1. The van der Waals surface area contributed by atoms with Crippen molar-refractivity contribution < 1.29 is 9.90 Å². The number of hydrogen-bond acceptors (Lipinski definition) is 3. The van der Waals surface area contributed by atoms with Crippen LogP contribution in [0.5, 0.6) is 5.75 Å². The topological polar surface area (TPSA) is 66.6 Å². The number of terminal acetylenes is 1. The standard InChI is InChI=1S/C14H18N2O2/c1-3-9-16(4-2)14(18)13(15)10-11-5-7-12(17)8-6-11/h1,5-8,13,17H,4,9-10,15H2,2H3/t13-/m0/s1. The molecule has 0 unspecified atom stereocenters. The maximum atomic E-state index is 12.0. The number of carbonyl (C=O) groups excluding carboxylic acids is 1. The van der Waals surface area contributed by atoms with E-state index in [-0.39, 0.29) is 18.2 Å². The van der Waals surface area contributed by atoms with E-state index in [1.54, 1.807) is 29.2 Å². The van der Waals surface area contributed by atoms with Gasteiger partial charge < -0.3 is 15.7 Å². The number of hydrogen-bond donors (Lipinski definition) is 2. The summed E-state index contributed by atoms with van der Waals surface area (Å²) < 4.78 is 0. The zero-order valence-electron chi connectivity index (χ0n) is 10.5. The average Bonchev–Trinajstić information content (AvgIpc) is 2.37. The zero-order chi connectivity index (χ0) is 13.5. The van der Waals surface area contributed by atoms with Crippen molar-refractivity contribution in [2.45, 2.75) is 19.4 Å². The van der Waals surface area contributed by atoms with E-state index in [0.717, 1.165) is 5.56 Å². The molecule has 4 heteroatoms. The molecule has 1 amide bonds. The molecule has 4 nitrogen and oxygen atoms in total. The molecule has 0 saturated carbocycles. The van der Waals surface area contributed by atoms with Gasteiger partial charge in [-0.2, -0.15) is 0 Å². The van der Waals surface area contributed by atoms with Gasteiger partial charge in [0.1, 0.15) is 5.75 Å². The molecule has 18 heavy (non-hydrogen) atoms. The summed E-state index contributed by atoms with van der Waals surface area (Å²) in [6.07, 6.45) is 5.63. The number of carbonyl (C=O) groups is 1. The molecule has 0 aromatic heterocycles. The van der Waals surface area contributed by atoms with E-state index in [4.69, 9.17) is 17.3 Å². The fourth-order valence-corrected chi connectivity index (χ4v) is 1.66. The average molecular weight is 246 g/mol. The molecule has 3 N–H and O–H groups in total. The molecule has 1 aromatic carbocycles. The number of benzene rings is 1. The summed E-state index contributed by atoms with van der Waals surface area (Å²) in [6.45, 7) is 2.69. The highest BCUT2D eigenvalue weighted by atomic mass is 16.3. The first-order valence-electron chi connectivity index (χ1n) is 5.84. The molecule has 0 bridgehead atoms. The summed E-state index contributed by atoms with van der Waals surface area (Å²) in [6, 6.07) is 6.04. The fourth-order valence-electron chi connectivity index (χ4n) is 1.66. The van der Waals surface area contributed by atoms with Crippen molar-refractivity contribution >= 4 is 5.91 Å². The minimum atomic E-state index is -0.608. The Bertz CT molecular complexity index is 434. The van der Waals surface area contributed by atoms with Crippen LogP contribution < -0.4 is 5.73 Å². The predicted molar refractivity (Wildman–Crippen MR) is 70.9 cm³/mol. The largest absolute Gasteiger partial charge is 0.508 e. The van der Waals surface area contributed by atoms with E-state index >= 15 is 0 Å². The molecule has 0 fully saturated rings. The molecule has 0 heterocycles. The van der Waals surface area contributed by atoms with Gasteiger partial charge in [0.05, 0.1) is 12.6 Å². The van der Waals surface area contributed by atoms with E-state index in [0.29, 0.717) is 13.0 Å². The SMILES string of the molecule is C#CCN(CC)C(=O)[C@@H](N)Cc1ccc(O)cc1. The van der Waals surface area contributed by atoms with Crippen LogP contribution >= 0.6 is 0 Å². The molecule has 0 aliphatic rings. The van der Waals surface area contributed by atoms with Crippen LogP contribution in [0.3, 0.4) is 0 Å². The molecule has 0 aliphatic heterocycles. The number of nitrogens with two attached hydrogens (primary N) is 1. The van der Waals surface area contributed by atoms with Crippen LogP contribution in [0, 0.1) is 12.3 Å². The van der Waals surface area contributed by atoms with E-state index in [1.807, 2.05) is 6.92 Å². The van der Waals surface area contributed by atoms with Crippen LogP contribution in [0.15, 0.2) is 24.3 Å². The zero-order valence-corrected chi connectivity index (χ0v) is 10.5. The Morgan fingerprint density at radius 3 is 2.61 bits per heavy atom. The summed E-state index contributed by atoms with van der Waals surface area (Å²) in [5, 5.41) is 9.17. The fraction of sp³-hybridized carbons (Fsp3) is 0.357. The third kappa shape index (κ3) is 3.79. The molecule has 1 atom stereocenters. The first kappa shape index (κ1) is 14.1. The number of phenols is 1. The Morgan fingerprint density at radius 2 is 2.11 bits per heavy atom. The van der Waals surface area contributed by atoms with Gasteiger partial charge in [0.15, 0.2) is 0 Å². The van der Waals surface area contributed by atoms with Gasteiger partial charge in [0.25, 0.3) is 0 Å². The number of likely N-dealkylation sites (N-methyl/N-ethyl adjacent to an activating group) is 1. The monoisotopic (exact) mass is 246 g/mol. The van der Waals surface area contributed by atoms with Crippen LogP contribution in [0.25, 0.3) is 0 Å². The lowest BCUT2D eigenvalue weighted by molar-refractivity contribution is -0.131. The van der Waals surface area contributed by atoms with Crippen LogP contribution in [-0.4, -0.2) is 35.0 Å².